The van der Waals surface area contributed by atoms with Crippen LogP contribution in [-0.4, -0.2) is 25.2 Å². The predicted octanol–water partition coefficient (Wildman–Crippen LogP) is 2.07. The Bertz CT molecular complexity index is 499. The van der Waals surface area contributed by atoms with Crippen molar-refractivity contribution in [2.45, 2.75) is 24.5 Å². The van der Waals surface area contributed by atoms with Gasteiger partial charge in [-0.25, -0.2) is 8.42 Å². The van der Waals surface area contributed by atoms with Crippen LogP contribution in [0.4, 0.5) is 0 Å². The highest BCUT2D eigenvalue weighted by Gasteiger charge is 2.33. The molecule has 0 bridgehead atoms. The third-order valence-corrected chi connectivity index (χ3v) is 5.69. The van der Waals surface area contributed by atoms with E-state index in [9.17, 15) is 13.2 Å². The lowest BCUT2D eigenvalue weighted by molar-refractivity contribution is -0.119. The zero-order valence-electron chi connectivity index (χ0n) is 10.3. The molecule has 0 amide bonds. The minimum atomic E-state index is -3.02. The van der Waals surface area contributed by atoms with Gasteiger partial charge in [-0.15, -0.1) is 0 Å². The minimum Gasteiger partial charge on any atom is -0.295 e. The monoisotopic (exact) mass is 266 g/mol. The van der Waals surface area contributed by atoms with Crippen LogP contribution in [-0.2, 0) is 14.6 Å². The fourth-order valence-electron chi connectivity index (χ4n) is 2.72. The molecule has 0 N–H and O–H groups in total. The summed E-state index contributed by atoms with van der Waals surface area (Å²) in [6.45, 7) is 3.52. The Labute approximate surface area is 108 Å². The maximum Gasteiger partial charge on any atom is 0.160 e. The number of hydrogen-bond acceptors (Lipinski definition) is 3. The second-order valence-electron chi connectivity index (χ2n) is 4.91. The number of ketones is 1. The van der Waals surface area contributed by atoms with E-state index < -0.39 is 15.1 Å². The van der Waals surface area contributed by atoms with Gasteiger partial charge in [-0.2, -0.15) is 0 Å². The van der Waals surface area contributed by atoms with E-state index in [-0.39, 0.29) is 23.4 Å². The van der Waals surface area contributed by atoms with E-state index in [0.29, 0.717) is 6.42 Å². The summed E-state index contributed by atoms with van der Waals surface area (Å²) in [5.41, 5.74) is 0. The molecule has 1 aliphatic heterocycles. The molecule has 0 aromatic heterocycles. The third kappa shape index (κ3) is 2.64. The minimum absolute atomic E-state index is 0.0202. The van der Waals surface area contributed by atoms with Crippen molar-refractivity contribution < 1.29 is 13.2 Å². The van der Waals surface area contributed by atoms with Gasteiger partial charge in [-0.1, -0.05) is 30.9 Å². The van der Waals surface area contributed by atoms with E-state index in [1.807, 2.05) is 12.2 Å². The molecule has 0 aromatic rings. The third-order valence-electron chi connectivity index (χ3n) is 3.76. The van der Waals surface area contributed by atoms with E-state index in [2.05, 4.69) is 6.58 Å². The van der Waals surface area contributed by atoms with Gasteiger partial charge < -0.3 is 0 Å². The first-order valence-corrected chi connectivity index (χ1v) is 7.97. The Morgan fingerprint density at radius 1 is 1.33 bits per heavy atom. The molecule has 2 aliphatic rings. The molecule has 0 spiro atoms. The average molecular weight is 266 g/mol. The molecule has 98 valence electrons. The largest absolute Gasteiger partial charge is 0.295 e. The van der Waals surface area contributed by atoms with Crippen LogP contribution in [0.3, 0.4) is 0 Å². The molecule has 0 aromatic carbocycles. The molecule has 1 aliphatic carbocycles. The quantitative estimate of drug-likeness (QED) is 0.578. The summed E-state index contributed by atoms with van der Waals surface area (Å²) in [4.78, 5) is 11.8. The van der Waals surface area contributed by atoms with Crippen LogP contribution in [0.2, 0.25) is 0 Å². The number of allylic oxidation sites excluding steroid dienone is 3. The van der Waals surface area contributed by atoms with Gasteiger partial charge in [-0.3, -0.25) is 4.79 Å². The lowest BCUT2D eigenvalue weighted by Crippen LogP contribution is -2.28. The van der Waals surface area contributed by atoms with Crippen molar-refractivity contribution in [1.82, 2.24) is 0 Å². The van der Waals surface area contributed by atoms with Crippen molar-refractivity contribution in [3.8, 4) is 0 Å². The summed E-state index contributed by atoms with van der Waals surface area (Å²) in [5, 5.41) is -0.426. The van der Waals surface area contributed by atoms with E-state index in [1.54, 1.807) is 12.2 Å². The van der Waals surface area contributed by atoms with Crippen LogP contribution in [0.25, 0.3) is 0 Å². The Kier molecular flexibility index (Phi) is 3.85. The Morgan fingerprint density at radius 3 is 2.72 bits per heavy atom. The van der Waals surface area contributed by atoms with Crippen molar-refractivity contribution in [1.29, 1.82) is 0 Å². The number of sulfone groups is 1. The van der Waals surface area contributed by atoms with Crippen molar-refractivity contribution in [2.24, 2.45) is 11.8 Å². The number of hydrogen-bond donors (Lipinski definition) is 0. The fourth-order valence-corrected chi connectivity index (χ4v) is 4.21. The van der Waals surface area contributed by atoms with E-state index in [4.69, 9.17) is 0 Å². The molecule has 0 radical (unpaired) electrons. The van der Waals surface area contributed by atoms with Gasteiger partial charge in [0.05, 0.1) is 11.0 Å². The molecular weight excluding hydrogens is 248 g/mol. The maximum absolute atomic E-state index is 11.8. The summed E-state index contributed by atoms with van der Waals surface area (Å²) >= 11 is 0. The van der Waals surface area contributed by atoms with Gasteiger partial charge in [-0.05, 0) is 31.3 Å². The van der Waals surface area contributed by atoms with Crippen LogP contribution in [0, 0.1) is 11.8 Å². The zero-order chi connectivity index (χ0) is 13.2. The molecular formula is C14H18O3S. The smallest absolute Gasteiger partial charge is 0.160 e. The molecule has 1 heterocycles. The van der Waals surface area contributed by atoms with Gasteiger partial charge in [0.1, 0.15) is 0 Å². The number of rotatable bonds is 4. The molecule has 3 nitrogen and oxygen atoms in total. The topological polar surface area (TPSA) is 51.2 Å². The molecule has 0 saturated heterocycles. The van der Waals surface area contributed by atoms with Gasteiger partial charge in [0, 0.05) is 5.92 Å². The second kappa shape index (κ2) is 5.22. The Balaban J connectivity index is 2.13. The fraction of sp³-hybridized carbons (Fsp3) is 0.500. The zero-order valence-corrected chi connectivity index (χ0v) is 11.1. The van der Waals surface area contributed by atoms with Crippen LogP contribution >= 0.6 is 0 Å². The lowest BCUT2D eigenvalue weighted by atomic mass is 9.78. The van der Waals surface area contributed by atoms with Crippen molar-refractivity contribution in [3.05, 3.63) is 37.0 Å². The van der Waals surface area contributed by atoms with Crippen LogP contribution in [0.5, 0.6) is 0 Å². The number of carbonyl (C=O) groups is 1. The molecule has 3 atom stereocenters. The summed E-state index contributed by atoms with van der Waals surface area (Å²) in [7, 11) is -3.02. The average Bonchev–Trinajstić information content (AvgIpc) is 2.68. The number of carbonyl (C=O) groups excluding carboxylic acids is 1. The maximum atomic E-state index is 11.8. The van der Waals surface area contributed by atoms with Crippen molar-refractivity contribution in [2.75, 3.05) is 5.75 Å². The summed E-state index contributed by atoms with van der Waals surface area (Å²) < 4.78 is 23.6. The van der Waals surface area contributed by atoms with Crippen LogP contribution in [0.15, 0.2) is 37.0 Å². The Morgan fingerprint density at radius 2 is 2.11 bits per heavy atom. The van der Waals surface area contributed by atoms with Gasteiger partial charge >= 0.3 is 0 Å². The first-order chi connectivity index (χ1) is 8.54. The Hall–Kier alpha value is -1.16. The highest BCUT2D eigenvalue weighted by atomic mass is 32.2. The first-order valence-electron chi connectivity index (χ1n) is 6.26. The van der Waals surface area contributed by atoms with E-state index in [0.717, 1.165) is 12.8 Å². The second-order valence-corrected chi connectivity index (χ2v) is 7.18. The van der Waals surface area contributed by atoms with E-state index >= 15 is 0 Å². The summed E-state index contributed by atoms with van der Waals surface area (Å²) in [5.74, 6) is 0.0842. The molecule has 2 rings (SSSR count). The van der Waals surface area contributed by atoms with Crippen LogP contribution < -0.4 is 0 Å². The lowest BCUT2D eigenvalue weighted by Gasteiger charge is -2.27. The normalized spacial score (nSPS) is 33.4. The highest BCUT2D eigenvalue weighted by molar-refractivity contribution is 7.92. The molecule has 4 heteroatoms. The van der Waals surface area contributed by atoms with Gasteiger partial charge in [0.15, 0.2) is 15.6 Å². The molecule has 0 fully saturated rings. The molecule has 18 heavy (non-hydrogen) atoms. The van der Waals surface area contributed by atoms with Gasteiger partial charge in [0.25, 0.3) is 0 Å². The summed E-state index contributed by atoms with van der Waals surface area (Å²) in [6.07, 6.45) is 11.1. The van der Waals surface area contributed by atoms with Crippen molar-refractivity contribution in [3.63, 3.8) is 0 Å². The highest BCUT2D eigenvalue weighted by Crippen LogP contribution is 2.32. The van der Waals surface area contributed by atoms with Gasteiger partial charge in [0.2, 0.25) is 0 Å². The van der Waals surface area contributed by atoms with Crippen molar-refractivity contribution >= 4 is 15.6 Å². The first kappa shape index (κ1) is 13.3. The van der Waals surface area contributed by atoms with E-state index in [1.165, 1.54) is 6.08 Å². The molecule has 1 unspecified atom stereocenters. The SMILES string of the molecule is C=CC(=O)[C@H]1CCC=C[C@H]1CC1C=CCS1(=O)=O. The van der Waals surface area contributed by atoms with Crippen LogP contribution in [0.1, 0.15) is 19.3 Å². The molecule has 0 saturated carbocycles. The predicted molar refractivity (Wildman–Crippen MR) is 71.9 cm³/mol. The summed E-state index contributed by atoms with van der Waals surface area (Å²) in [6, 6.07) is 0. The standard InChI is InChI=1S/C14H18O3S/c1-2-14(15)13-8-4-3-6-11(13)10-12-7-5-9-18(12,16)17/h2-3,5-7,11-13H,1,4,8-10H2/t11-,12?,13-/m0/s1.